The Bertz CT molecular complexity index is 2150. The first kappa shape index (κ1) is 32.2. The van der Waals surface area contributed by atoms with Gasteiger partial charge in [-0.25, -0.2) is 9.80 Å². The predicted octanol–water partition coefficient (Wildman–Crippen LogP) is 6.70. The van der Waals surface area contributed by atoms with Gasteiger partial charge in [0.25, 0.3) is 17.7 Å². The van der Waals surface area contributed by atoms with Gasteiger partial charge in [-0.05, 0) is 76.9 Å². The van der Waals surface area contributed by atoms with Gasteiger partial charge in [-0.3, -0.25) is 19.2 Å². The van der Waals surface area contributed by atoms with Crippen molar-refractivity contribution in [3.8, 4) is 11.5 Å². The molecule has 252 valence electrons. The van der Waals surface area contributed by atoms with Crippen molar-refractivity contribution >= 4 is 41.1 Å². The first-order valence-electron chi connectivity index (χ1n) is 16.4. The van der Waals surface area contributed by atoms with Gasteiger partial charge in [0.05, 0.1) is 35.1 Å². The van der Waals surface area contributed by atoms with Gasteiger partial charge in [0.15, 0.2) is 5.78 Å². The molecule has 3 aliphatic carbocycles. The van der Waals surface area contributed by atoms with E-state index in [1.54, 1.807) is 36.4 Å². The van der Waals surface area contributed by atoms with E-state index < -0.39 is 59.7 Å². The van der Waals surface area contributed by atoms with Crippen LogP contribution < -0.4 is 9.47 Å². The third kappa shape index (κ3) is 5.28. The number of rotatable bonds is 8. The topological polar surface area (TPSA) is 110 Å². The van der Waals surface area contributed by atoms with Crippen molar-refractivity contribution in [1.29, 1.82) is 0 Å². The molecule has 0 aromatic heterocycles. The van der Waals surface area contributed by atoms with Crippen molar-refractivity contribution in [2.45, 2.75) is 11.8 Å². The summed E-state index contributed by atoms with van der Waals surface area (Å²) in [5, 5.41) is 1.91. The zero-order chi connectivity index (χ0) is 35.4. The van der Waals surface area contributed by atoms with Gasteiger partial charge in [-0.2, -0.15) is 5.01 Å². The van der Waals surface area contributed by atoms with Crippen LogP contribution in [-0.4, -0.2) is 53.1 Å². The molecule has 4 aliphatic rings. The lowest BCUT2D eigenvalue weighted by Gasteiger charge is -2.45. The van der Waals surface area contributed by atoms with Gasteiger partial charge >= 0.3 is 5.97 Å². The maximum Gasteiger partial charge on any atom is 0.343 e. The highest BCUT2D eigenvalue weighted by Crippen LogP contribution is 2.61. The summed E-state index contributed by atoms with van der Waals surface area (Å²) in [7, 11) is 1.49. The number of methoxy groups -OCH3 is 1. The monoisotopic (exact) mass is 696 g/mol. The second kappa shape index (κ2) is 12.7. The van der Waals surface area contributed by atoms with Crippen molar-refractivity contribution in [2.24, 2.45) is 11.8 Å². The Hall–Kier alpha value is -6.06. The number of amides is 3. The van der Waals surface area contributed by atoms with Crippen LogP contribution in [0, 0.1) is 11.8 Å². The molecule has 9 rings (SSSR count). The number of benzene rings is 5. The number of halogens is 1. The van der Waals surface area contributed by atoms with Crippen molar-refractivity contribution in [3.63, 3.8) is 0 Å². The lowest BCUT2D eigenvalue weighted by molar-refractivity contribution is -0.154. The minimum Gasteiger partial charge on any atom is -0.497 e. The fraction of sp³-hybridized carbons (Fsp3) is 0.146. The van der Waals surface area contributed by atoms with Crippen LogP contribution in [0.25, 0.3) is 0 Å². The fourth-order valence-corrected chi connectivity index (χ4v) is 7.98. The molecule has 2 atom stereocenters. The molecule has 5 aromatic rings. The molecule has 51 heavy (non-hydrogen) atoms. The summed E-state index contributed by atoms with van der Waals surface area (Å²) in [6.45, 7) is -0.626. The van der Waals surface area contributed by atoms with E-state index in [0.29, 0.717) is 5.75 Å². The maximum absolute atomic E-state index is 14.6. The highest BCUT2D eigenvalue weighted by atomic mass is 35.5. The Morgan fingerprint density at radius 2 is 1.22 bits per heavy atom. The number of hydrogen-bond acceptors (Lipinski definition) is 7. The number of ketones is 1. The van der Waals surface area contributed by atoms with Crippen LogP contribution in [0.3, 0.4) is 0 Å². The molecule has 10 heteroatoms. The van der Waals surface area contributed by atoms with E-state index >= 15 is 0 Å². The molecule has 1 heterocycles. The van der Waals surface area contributed by atoms with Gasteiger partial charge in [-0.1, -0.05) is 78.3 Å². The first-order chi connectivity index (χ1) is 24.8. The molecule has 9 nitrogen and oxygen atoms in total. The van der Waals surface area contributed by atoms with Gasteiger partial charge < -0.3 is 9.47 Å². The largest absolute Gasteiger partial charge is 0.497 e. The maximum atomic E-state index is 14.6. The van der Waals surface area contributed by atoms with Crippen molar-refractivity contribution in [1.82, 2.24) is 10.0 Å². The van der Waals surface area contributed by atoms with E-state index in [1.165, 1.54) is 43.5 Å². The zero-order valence-electron chi connectivity index (χ0n) is 27.2. The molecule has 0 unspecified atom stereocenters. The molecule has 0 saturated carbocycles. The molecule has 1 aliphatic heterocycles. The quantitative estimate of drug-likeness (QED) is 0.0769. The second-order valence-electron chi connectivity index (χ2n) is 12.7. The molecule has 0 spiro atoms. The summed E-state index contributed by atoms with van der Waals surface area (Å²) in [6.07, 6.45) is 0. The van der Waals surface area contributed by atoms with E-state index in [2.05, 4.69) is 0 Å². The summed E-state index contributed by atoms with van der Waals surface area (Å²) in [5.41, 5.74) is 4.43. The Morgan fingerprint density at radius 1 is 0.667 bits per heavy atom. The number of hydrogen-bond donors (Lipinski definition) is 0. The third-order valence-corrected chi connectivity index (χ3v) is 10.3. The van der Waals surface area contributed by atoms with Crippen LogP contribution in [0.2, 0.25) is 5.02 Å². The number of nitrogens with zero attached hydrogens (tertiary/aromatic N) is 2. The Labute approximate surface area is 297 Å². The van der Waals surface area contributed by atoms with Crippen LogP contribution in [0.1, 0.15) is 65.2 Å². The minimum absolute atomic E-state index is 0.0387. The molecule has 2 bridgehead atoms. The van der Waals surface area contributed by atoms with Crippen LogP contribution in [0.5, 0.6) is 11.5 Å². The predicted molar refractivity (Wildman–Crippen MR) is 187 cm³/mol. The number of Topliss-reactive ketones (excluding diaryl/α,β-unsaturated/α-hetero) is 1. The highest BCUT2D eigenvalue weighted by Gasteiger charge is 2.63. The third-order valence-electron chi connectivity index (χ3n) is 9.99. The lowest BCUT2D eigenvalue weighted by Crippen LogP contribution is -2.52. The molecular formula is C41H29ClN2O7. The number of carbonyl (C=O) groups excluding carboxylic acids is 5. The van der Waals surface area contributed by atoms with E-state index in [-0.39, 0.29) is 27.5 Å². The number of esters is 1. The molecular weight excluding hydrogens is 668 g/mol. The molecule has 0 N–H and O–H groups in total. The van der Waals surface area contributed by atoms with Crippen molar-refractivity contribution in [3.05, 3.63) is 165 Å². The Morgan fingerprint density at radius 3 is 1.76 bits per heavy atom. The molecule has 1 fully saturated rings. The number of imide groups is 1. The molecule has 5 aromatic carbocycles. The number of hydrazine groups is 1. The molecule has 1 saturated heterocycles. The first-order valence-corrected chi connectivity index (χ1v) is 16.8. The van der Waals surface area contributed by atoms with Gasteiger partial charge in [-0.15, -0.1) is 0 Å². The lowest BCUT2D eigenvalue weighted by atomic mass is 9.55. The highest BCUT2D eigenvalue weighted by molar-refractivity contribution is 6.34. The average Bonchev–Trinajstić information content (AvgIpc) is 3.43. The summed E-state index contributed by atoms with van der Waals surface area (Å²) in [6, 6.07) is 34.3. The summed E-state index contributed by atoms with van der Waals surface area (Å²) in [4.78, 5) is 70.0. The number of carbonyl (C=O) groups is 5. The summed E-state index contributed by atoms with van der Waals surface area (Å²) in [5.74, 6) is -4.65. The number of ether oxygens (including phenoxy) is 2. The Balaban J connectivity index is 1.11. The van der Waals surface area contributed by atoms with E-state index in [1.807, 2.05) is 48.5 Å². The Kier molecular flexibility index (Phi) is 8.00. The SMILES string of the molecule is COc1cccc(C(=O)Oc2ccc(C(=O)CN(C(=O)c3ccccc3Cl)N3C(=O)[C@H]4C5c6ccccc6C(c6ccccc65)[C@@H]4C3=O)cc2)c1. The average molecular weight is 697 g/mol. The fourth-order valence-electron chi connectivity index (χ4n) is 7.76. The van der Waals surface area contributed by atoms with Crippen molar-refractivity contribution in [2.75, 3.05) is 13.7 Å². The van der Waals surface area contributed by atoms with Crippen LogP contribution >= 0.6 is 11.6 Å². The molecule has 3 amide bonds. The van der Waals surface area contributed by atoms with E-state index in [0.717, 1.165) is 32.3 Å². The minimum atomic E-state index is -0.763. The van der Waals surface area contributed by atoms with Gasteiger partial charge in [0.2, 0.25) is 0 Å². The van der Waals surface area contributed by atoms with E-state index in [4.69, 9.17) is 21.1 Å². The standard InChI is InChI=1S/C41H29ClN2O7/c1-50-26-10-8-9-24(21-26)41(49)51-25-19-17-23(18-20-25)33(45)22-43(38(46)31-15-6-7-16-32(31)42)44-39(47)36-34-27-11-2-3-12-28(27)35(37(36)40(44)48)30-14-5-4-13-29(30)34/h2-21,34-37H,22H2,1H3/t34?,35?,36-,37-/m0/s1. The van der Waals surface area contributed by atoms with Gasteiger partial charge in [0, 0.05) is 17.4 Å². The van der Waals surface area contributed by atoms with Crippen LogP contribution in [-0.2, 0) is 9.59 Å². The van der Waals surface area contributed by atoms with Crippen LogP contribution in [0.4, 0.5) is 0 Å². The second-order valence-corrected chi connectivity index (χ2v) is 13.1. The van der Waals surface area contributed by atoms with Gasteiger partial charge in [0.1, 0.15) is 18.0 Å². The summed E-state index contributed by atoms with van der Waals surface area (Å²) >= 11 is 6.45. The zero-order valence-corrected chi connectivity index (χ0v) is 27.9. The molecule has 0 radical (unpaired) electrons. The smallest absolute Gasteiger partial charge is 0.343 e. The summed E-state index contributed by atoms with van der Waals surface area (Å²) < 4.78 is 10.7. The van der Waals surface area contributed by atoms with Crippen LogP contribution in [0.15, 0.2) is 121 Å². The van der Waals surface area contributed by atoms with E-state index in [9.17, 15) is 24.0 Å². The van der Waals surface area contributed by atoms with Crippen molar-refractivity contribution < 1.29 is 33.4 Å². The normalized spacial score (nSPS) is 19.5.